The molecule has 136 valence electrons. The molecule has 1 heterocycles. The highest BCUT2D eigenvalue weighted by Crippen LogP contribution is 2.33. The van der Waals surface area contributed by atoms with E-state index in [1.807, 2.05) is 12.1 Å². The Kier molecular flexibility index (Phi) is 5.63. The van der Waals surface area contributed by atoms with Gasteiger partial charge in [0.25, 0.3) is 0 Å². The molecule has 1 aromatic heterocycles. The first-order valence-corrected chi connectivity index (χ1v) is 9.35. The molecule has 5 nitrogen and oxygen atoms in total. The summed E-state index contributed by atoms with van der Waals surface area (Å²) in [5.41, 5.74) is 4.83. The van der Waals surface area contributed by atoms with Crippen LogP contribution < -0.4 is 5.32 Å². The highest BCUT2D eigenvalue weighted by Gasteiger charge is 2.18. The number of anilines is 1. The maximum absolute atomic E-state index is 11.0. The van der Waals surface area contributed by atoms with Gasteiger partial charge in [0, 0.05) is 28.8 Å². The molecule has 1 aliphatic carbocycles. The molecule has 0 radical (unpaired) electrons. The molecular weight excluding hydrogens is 314 g/mol. The van der Waals surface area contributed by atoms with Crippen LogP contribution in [-0.2, 0) is 19.4 Å². The lowest BCUT2D eigenvalue weighted by Crippen LogP contribution is -2.16. The van der Waals surface area contributed by atoms with Crippen molar-refractivity contribution in [2.75, 3.05) is 26.0 Å². The Morgan fingerprint density at radius 3 is 2.68 bits per heavy atom. The van der Waals surface area contributed by atoms with E-state index in [2.05, 4.69) is 34.9 Å². The molecule has 5 heteroatoms. The summed E-state index contributed by atoms with van der Waals surface area (Å²) in [6.45, 7) is 2.10. The second kappa shape index (κ2) is 7.91. The molecule has 0 spiro atoms. The van der Waals surface area contributed by atoms with E-state index < -0.39 is 6.09 Å². The van der Waals surface area contributed by atoms with Gasteiger partial charge in [-0.05, 0) is 76.5 Å². The Bertz CT molecular complexity index is 749. The molecule has 3 rings (SSSR count). The van der Waals surface area contributed by atoms with Crippen LogP contribution >= 0.6 is 0 Å². The number of nitrogens with zero attached hydrogens (tertiary/aromatic N) is 2. The van der Waals surface area contributed by atoms with Crippen molar-refractivity contribution in [3.8, 4) is 0 Å². The van der Waals surface area contributed by atoms with Crippen LogP contribution in [0.5, 0.6) is 0 Å². The average Bonchev–Trinajstić information content (AvgIpc) is 2.78. The Hall–Kier alpha value is -2.01. The zero-order chi connectivity index (χ0) is 17.8. The van der Waals surface area contributed by atoms with Crippen LogP contribution in [-0.4, -0.2) is 41.3 Å². The number of aryl methyl sites for hydroxylation is 2. The van der Waals surface area contributed by atoms with Gasteiger partial charge in [0.15, 0.2) is 0 Å². The van der Waals surface area contributed by atoms with E-state index in [9.17, 15) is 4.79 Å². The van der Waals surface area contributed by atoms with E-state index in [1.165, 1.54) is 47.8 Å². The van der Waals surface area contributed by atoms with Gasteiger partial charge in [-0.25, -0.2) is 4.79 Å². The van der Waals surface area contributed by atoms with Gasteiger partial charge in [0.05, 0.1) is 0 Å². The highest BCUT2D eigenvalue weighted by atomic mass is 16.4. The number of carbonyl (C=O) groups is 1. The Morgan fingerprint density at radius 2 is 1.96 bits per heavy atom. The maximum Gasteiger partial charge on any atom is 0.409 e. The van der Waals surface area contributed by atoms with E-state index >= 15 is 0 Å². The number of nitrogens with one attached hydrogen (secondary N) is 1. The largest absolute Gasteiger partial charge is 0.465 e. The Balaban J connectivity index is 2.02. The van der Waals surface area contributed by atoms with E-state index in [0.717, 1.165) is 32.4 Å². The third-order valence-electron chi connectivity index (χ3n) is 5.12. The lowest BCUT2D eigenvalue weighted by Gasteiger charge is -2.16. The van der Waals surface area contributed by atoms with Crippen molar-refractivity contribution >= 4 is 22.7 Å². The quantitative estimate of drug-likeness (QED) is 0.849. The minimum atomic E-state index is -1.01. The van der Waals surface area contributed by atoms with Gasteiger partial charge < -0.3 is 14.6 Å². The first-order valence-electron chi connectivity index (χ1n) is 9.35. The number of fused-ring (bicyclic) bond motifs is 3. The van der Waals surface area contributed by atoms with Gasteiger partial charge in [-0.3, -0.25) is 5.32 Å². The first kappa shape index (κ1) is 17.8. The fourth-order valence-electron chi connectivity index (χ4n) is 3.99. The number of amides is 1. The number of carboxylic acid groups (broad SMARTS) is 1. The Morgan fingerprint density at radius 1 is 1.20 bits per heavy atom. The van der Waals surface area contributed by atoms with Gasteiger partial charge in [0.2, 0.25) is 0 Å². The predicted molar refractivity (Wildman–Crippen MR) is 103 cm³/mol. The molecule has 0 atom stereocenters. The van der Waals surface area contributed by atoms with Crippen molar-refractivity contribution in [3.05, 3.63) is 29.5 Å². The lowest BCUT2D eigenvalue weighted by atomic mass is 9.96. The normalized spacial score (nSPS) is 15.0. The second-order valence-corrected chi connectivity index (χ2v) is 7.31. The van der Waals surface area contributed by atoms with Gasteiger partial charge in [-0.1, -0.05) is 12.8 Å². The summed E-state index contributed by atoms with van der Waals surface area (Å²) in [5.74, 6) is 0. The van der Waals surface area contributed by atoms with Crippen LogP contribution in [0.1, 0.15) is 43.4 Å². The summed E-state index contributed by atoms with van der Waals surface area (Å²) >= 11 is 0. The molecule has 0 unspecified atom stereocenters. The monoisotopic (exact) mass is 343 g/mol. The van der Waals surface area contributed by atoms with Crippen LogP contribution in [0.15, 0.2) is 18.2 Å². The van der Waals surface area contributed by atoms with Crippen molar-refractivity contribution in [3.63, 3.8) is 0 Å². The summed E-state index contributed by atoms with van der Waals surface area (Å²) in [4.78, 5) is 13.2. The lowest BCUT2D eigenvalue weighted by molar-refractivity contribution is 0.210. The third-order valence-corrected chi connectivity index (χ3v) is 5.12. The van der Waals surface area contributed by atoms with E-state index in [-0.39, 0.29) is 0 Å². The van der Waals surface area contributed by atoms with Gasteiger partial charge in [-0.2, -0.15) is 0 Å². The molecule has 1 amide bonds. The Labute approximate surface area is 149 Å². The predicted octanol–water partition coefficient (Wildman–Crippen LogP) is 4.34. The highest BCUT2D eigenvalue weighted by molar-refractivity contribution is 5.92. The van der Waals surface area contributed by atoms with Crippen molar-refractivity contribution in [1.82, 2.24) is 9.47 Å². The number of hydrogen-bond donors (Lipinski definition) is 2. The fourth-order valence-corrected chi connectivity index (χ4v) is 3.99. The molecular formula is C20H29N3O2. The van der Waals surface area contributed by atoms with Gasteiger partial charge >= 0.3 is 6.09 Å². The molecule has 25 heavy (non-hydrogen) atoms. The molecule has 0 aliphatic heterocycles. The van der Waals surface area contributed by atoms with Crippen molar-refractivity contribution in [2.45, 2.75) is 51.5 Å². The van der Waals surface area contributed by atoms with Gasteiger partial charge in [-0.15, -0.1) is 0 Å². The molecule has 2 N–H and O–H groups in total. The summed E-state index contributed by atoms with van der Waals surface area (Å²) in [7, 11) is 4.23. The number of rotatable bonds is 5. The topological polar surface area (TPSA) is 57.5 Å². The standard InChI is InChI=1S/C20H29N3O2/c1-22(2)12-7-13-23-18-9-6-4-3-5-8-16(18)17-14-15(21-20(24)25)10-11-19(17)23/h10-11,14,21H,3-9,12-13H2,1-2H3,(H,24,25). The summed E-state index contributed by atoms with van der Waals surface area (Å²) in [6.07, 6.45) is 7.42. The molecule has 0 saturated heterocycles. The molecule has 0 fully saturated rings. The number of aromatic nitrogens is 1. The number of hydrogen-bond acceptors (Lipinski definition) is 2. The average molecular weight is 343 g/mol. The van der Waals surface area contributed by atoms with E-state index in [4.69, 9.17) is 5.11 Å². The van der Waals surface area contributed by atoms with Crippen molar-refractivity contribution in [1.29, 1.82) is 0 Å². The van der Waals surface area contributed by atoms with Crippen molar-refractivity contribution in [2.24, 2.45) is 0 Å². The van der Waals surface area contributed by atoms with Crippen LogP contribution in [0.25, 0.3) is 10.9 Å². The summed E-state index contributed by atoms with van der Waals surface area (Å²) < 4.78 is 2.49. The zero-order valence-electron chi connectivity index (χ0n) is 15.3. The van der Waals surface area contributed by atoms with Crippen LogP contribution in [0.4, 0.5) is 10.5 Å². The maximum atomic E-state index is 11.0. The van der Waals surface area contributed by atoms with Gasteiger partial charge in [0.1, 0.15) is 0 Å². The van der Waals surface area contributed by atoms with Crippen LogP contribution in [0, 0.1) is 0 Å². The molecule has 0 bridgehead atoms. The van der Waals surface area contributed by atoms with E-state index in [1.54, 1.807) is 0 Å². The molecule has 1 aromatic carbocycles. The molecule has 1 aliphatic rings. The van der Waals surface area contributed by atoms with E-state index in [0.29, 0.717) is 5.69 Å². The SMILES string of the molecule is CN(C)CCCn1c2c(c3cc(NC(=O)O)ccc31)CCCCCC2. The minimum absolute atomic E-state index is 0.662. The zero-order valence-corrected chi connectivity index (χ0v) is 15.3. The fraction of sp³-hybridized carbons (Fsp3) is 0.550. The van der Waals surface area contributed by atoms with Crippen LogP contribution in [0.3, 0.4) is 0 Å². The third kappa shape index (κ3) is 4.15. The second-order valence-electron chi connectivity index (χ2n) is 7.31. The molecule has 2 aromatic rings. The number of benzene rings is 1. The first-order chi connectivity index (χ1) is 12.1. The summed E-state index contributed by atoms with van der Waals surface area (Å²) in [6, 6.07) is 5.99. The van der Waals surface area contributed by atoms with Crippen LogP contribution in [0.2, 0.25) is 0 Å². The minimum Gasteiger partial charge on any atom is -0.465 e. The smallest absolute Gasteiger partial charge is 0.409 e. The summed E-state index contributed by atoms with van der Waals surface area (Å²) in [5, 5.41) is 12.7. The molecule has 0 saturated carbocycles. The van der Waals surface area contributed by atoms with Crippen molar-refractivity contribution < 1.29 is 9.90 Å².